The molecule has 4 atom stereocenters. The summed E-state index contributed by atoms with van der Waals surface area (Å²) in [5.74, 6) is -0.313. The van der Waals surface area contributed by atoms with Gasteiger partial charge in [-0.05, 0) is 45.6 Å². The molecule has 1 saturated heterocycles. The summed E-state index contributed by atoms with van der Waals surface area (Å²) < 4.78 is 0. The van der Waals surface area contributed by atoms with E-state index in [9.17, 15) is 14.7 Å². The summed E-state index contributed by atoms with van der Waals surface area (Å²) in [6.07, 6.45) is 1.15. The molecule has 0 aliphatic carbocycles. The Labute approximate surface area is 155 Å². The molecular formula is C18H33N5O3. The van der Waals surface area contributed by atoms with Crippen LogP contribution in [-0.4, -0.2) is 59.6 Å². The van der Waals surface area contributed by atoms with Gasteiger partial charge in [-0.1, -0.05) is 13.8 Å². The summed E-state index contributed by atoms with van der Waals surface area (Å²) in [5, 5.41) is 18.9. The molecule has 0 aromatic carbocycles. The second-order valence-electron chi connectivity index (χ2n) is 8.25. The number of nitrogens with zero attached hydrogens (tertiary/aromatic N) is 1. The smallest absolute Gasteiger partial charge is 0.290 e. The minimum Gasteiger partial charge on any atom is -0.378 e. The monoisotopic (exact) mass is 367 g/mol. The molecule has 2 heterocycles. The molecule has 8 heteroatoms. The molecule has 0 radical (unpaired) electrons. The third-order valence-electron chi connectivity index (χ3n) is 4.95. The average molecular weight is 367 g/mol. The predicted molar refractivity (Wildman–Crippen MR) is 101 cm³/mol. The van der Waals surface area contributed by atoms with Gasteiger partial charge < -0.3 is 21.5 Å². The molecular weight excluding hydrogens is 334 g/mol. The number of amides is 1. The summed E-state index contributed by atoms with van der Waals surface area (Å²) >= 11 is 0. The molecule has 0 aromatic rings. The zero-order valence-electron chi connectivity index (χ0n) is 16.2. The number of aliphatic hydroxyl groups is 1. The molecule has 2 aliphatic rings. The molecule has 1 amide bonds. The fourth-order valence-electron chi connectivity index (χ4n) is 3.66. The highest BCUT2D eigenvalue weighted by molar-refractivity contribution is 6.40. The number of nitrogens with two attached hydrogens (primary N) is 1. The van der Waals surface area contributed by atoms with E-state index < -0.39 is 23.5 Å². The van der Waals surface area contributed by atoms with Gasteiger partial charge in [-0.25, -0.2) is 0 Å². The van der Waals surface area contributed by atoms with Crippen LogP contribution in [0.4, 0.5) is 0 Å². The maximum atomic E-state index is 13.0. The molecule has 148 valence electrons. The molecule has 8 nitrogen and oxygen atoms in total. The second kappa shape index (κ2) is 8.45. The predicted octanol–water partition coefficient (Wildman–Crippen LogP) is -0.488. The van der Waals surface area contributed by atoms with Crippen molar-refractivity contribution in [1.82, 2.24) is 16.0 Å². The lowest BCUT2D eigenvalue weighted by Gasteiger charge is -2.32. The van der Waals surface area contributed by atoms with Gasteiger partial charge in [0, 0.05) is 12.0 Å². The molecule has 6 N–H and O–H groups in total. The number of aliphatic hydroxyl groups excluding tert-OH is 1. The van der Waals surface area contributed by atoms with Crippen LogP contribution >= 0.6 is 0 Å². The number of carbonyl (C=O) groups is 2. The topological polar surface area (TPSA) is 129 Å². The number of Topliss-reactive ketones (excluding diaryl/α,β-unsaturated/α-hetero) is 1. The molecule has 2 aliphatic heterocycles. The fraction of sp³-hybridized carbons (Fsp3) is 0.833. The second-order valence-corrected chi connectivity index (χ2v) is 8.25. The van der Waals surface area contributed by atoms with Gasteiger partial charge in [0.2, 0.25) is 5.78 Å². The Morgan fingerprint density at radius 2 is 2.08 bits per heavy atom. The van der Waals surface area contributed by atoms with E-state index in [1.807, 2.05) is 13.8 Å². The van der Waals surface area contributed by atoms with Gasteiger partial charge >= 0.3 is 0 Å². The highest BCUT2D eigenvalue weighted by Gasteiger charge is 2.49. The number of nitrogens with one attached hydrogen (secondary N) is 3. The zero-order chi connectivity index (χ0) is 19.5. The normalized spacial score (nSPS) is 29.6. The number of carbonyl (C=O) groups excluding carboxylic acids is 2. The van der Waals surface area contributed by atoms with Crippen LogP contribution in [0.3, 0.4) is 0 Å². The van der Waals surface area contributed by atoms with Crippen molar-refractivity contribution < 1.29 is 14.7 Å². The first-order valence-electron chi connectivity index (χ1n) is 9.49. The van der Waals surface area contributed by atoms with Crippen LogP contribution in [0.15, 0.2) is 4.99 Å². The van der Waals surface area contributed by atoms with Crippen LogP contribution in [0, 0.1) is 11.8 Å². The number of ketones is 1. The first-order valence-corrected chi connectivity index (χ1v) is 9.49. The van der Waals surface area contributed by atoms with Gasteiger partial charge in [-0.2, -0.15) is 0 Å². The van der Waals surface area contributed by atoms with Gasteiger partial charge in [0.25, 0.3) is 5.91 Å². The molecule has 26 heavy (non-hydrogen) atoms. The molecule has 0 bridgehead atoms. The maximum Gasteiger partial charge on any atom is 0.290 e. The molecule has 0 spiro atoms. The highest BCUT2D eigenvalue weighted by atomic mass is 16.3. The number of amidine groups is 1. The molecule has 0 saturated carbocycles. The first kappa shape index (κ1) is 20.8. The number of hydrogen-bond acceptors (Lipinski definition) is 7. The Hall–Kier alpha value is -1.51. The molecule has 1 unspecified atom stereocenters. The standard InChI is InChI=1S/C18H33N5O3/c1-10(2)7-13(19)15-21-9-18(23-15,8-12-5-6-20-16(12)25)14(24)17(26)22-11(3)4/h10-13,16,20,25H,5-9,19H2,1-4H3,(H,21,23)(H,22,26)/t12-,13-,16?,18-/m0/s1. The minimum absolute atomic E-state index is 0.117. The third kappa shape index (κ3) is 4.81. The average Bonchev–Trinajstić information content (AvgIpc) is 3.13. The van der Waals surface area contributed by atoms with Crippen molar-refractivity contribution in [3.05, 3.63) is 0 Å². The Kier molecular flexibility index (Phi) is 6.76. The van der Waals surface area contributed by atoms with Gasteiger partial charge in [0.05, 0.1) is 12.6 Å². The fourth-order valence-corrected chi connectivity index (χ4v) is 3.66. The van der Waals surface area contributed by atoms with E-state index in [1.54, 1.807) is 0 Å². The summed E-state index contributed by atoms with van der Waals surface area (Å²) in [4.78, 5) is 29.9. The maximum absolute atomic E-state index is 13.0. The molecule has 0 aromatic heterocycles. The van der Waals surface area contributed by atoms with Crippen LogP contribution in [0.1, 0.15) is 47.0 Å². The lowest BCUT2D eigenvalue weighted by molar-refractivity contribution is -0.142. The van der Waals surface area contributed by atoms with Gasteiger partial charge in [0.1, 0.15) is 17.6 Å². The zero-order valence-corrected chi connectivity index (χ0v) is 16.2. The van der Waals surface area contributed by atoms with Crippen molar-refractivity contribution in [1.29, 1.82) is 0 Å². The first-order chi connectivity index (χ1) is 12.1. The van der Waals surface area contributed by atoms with E-state index in [-0.39, 0.29) is 24.5 Å². The van der Waals surface area contributed by atoms with Crippen molar-refractivity contribution in [3.63, 3.8) is 0 Å². The minimum atomic E-state index is -1.14. The van der Waals surface area contributed by atoms with Crippen LogP contribution in [0.5, 0.6) is 0 Å². The van der Waals surface area contributed by atoms with Crippen LogP contribution in [-0.2, 0) is 9.59 Å². The van der Waals surface area contributed by atoms with E-state index in [1.165, 1.54) is 0 Å². The van der Waals surface area contributed by atoms with E-state index in [0.717, 1.165) is 12.8 Å². The van der Waals surface area contributed by atoms with Gasteiger partial charge in [-0.3, -0.25) is 19.9 Å². The van der Waals surface area contributed by atoms with Crippen molar-refractivity contribution >= 4 is 17.5 Å². The van der Waals surface area contributed by atoms with E-state index >= 15 is 0 Å². The van der Waals surface area contributed by atoms with Crippen molar-refractivity contribution in [3.8, 4) is 0 Å². The lowest BCUT2D eigenvalue weighted by atomic mass is 9.82. The third-order valence-corrected chi connectivity index (χ3v) is 4.95. The van der Waals surface area contributed by atoms with Gasteiger partial charge in [-0.15, -0.1) is 0 Å². The van der Waals surface area contributed by atoms with E-state index in [4.69, 9.17) is 5.73 Å². The summed E-state index contributed by atoms with van der Waals surface area (Å²) in [5.41, 5.74) is 5.09. The van der Waals surface area contributed by atoms with Crippen molar-refractivity contribution in [2.75, 3.05) is 13.1 Å². The summed E-state index contributed by atoms with van der Waals surface area (Å²) in [7, 11) is 0. The Bertz CT molecular complexity index is 563. The van der Waals surface area contributed by atoms with Crippen molar-refractivity contribution in [2.24, 2.45) is 22.6 Å². The number of rotatable bonds is 8. The van der Waals surface area contributed by atoms with Crippen LogP contribution < -0.4 is 21.7 Å². The SMILES string of the molecule is CC(C)C[C@H](N)C1=NC[C@@](C[C@@H]2CCNC2O)(C(=O)C(=O)NC(C)C)N1. The van der Waals surface area contributed by atoms with Crippen LogP contribution in [0.2, 0.25) is 0 Å². The number of aliphatic imine (C=N–C) groups is 1. The van der Waals surface area contributed by atoms with E-state index in [2.05, 4.69) is 34.8 Å². The molecule has 2 rings (SSSR count). The quantitative estimate of drug-likeness (QED) is 0.368. The van der Waals surface area contributed by atoms with Crippen LogP contribution in [0.25, 0.3) is 0 Å². The Morgan fingerprint density at radius 3 is 2.62 bits per heavy atom. The van der Waals surface area contributed by atoms with Gasteiger partial charge in [0.15, 0.2) is 0 Å². The van der Waals surface area contributed by atoms with E-state index in [0.29, 0.717) is 24.7 Å². The summed E-state index contributed by atoms with van der Waals surface area (Å²) in [6, 6.07) is -0.434. The van der Waals surface area contributed by atoms with Crippen molar-refractivity contribution in [2.45, 2.75) is 70.8 Å². The Morgan fingerprint density at radius 1 is 1.38 bits per heavy atom. The molecule has 1 fully saturated rings. The lowest BCUT2D eigenvalue weighted by Crippen LogP contribution is -2.61. The summed E-state index contributed by atoms with van der Waals surface area (Å²) in [6.45, 7) is 8.63. The Balaban J connectivity index is 2.18. The largest absolute Gasteiger partial charge is 0.378 e. The highest BCUT2D eigenvalue weighted by Crippen LogP contribution is 2.29. The number of hydrogen-bond donors (Lipinski definition) is 5.